The fraction of sp³-hybridized carbons (Fsp3) is 0.304. The van der Waals surface area contributed by atoms with E-state index in [0.29, 0.717) is 5.69 Å². The van der Waals surface area contributed by atoms with Crippen LogP contribution >= 0.6 is 11.3 Å². The summed E-state index contributed by atoms with van der Waals surface area (Å²) in [5.74, 6) is 0.725. The van der Waals surface area contributed by atoms with E-state index < -0.39 is 0 Å². The van der Waals surface area contributed by atoms with Gasteiger partial charge in [0.05, 0.1) is 24.7 Å². The third-order valence-corrected chi connectivity index (χ3v) is 6.63. The van der Waals surface area contributed by atoms with Crippen LogP contribution in [0, 0.1) is 0 Å². The summed E-state index contributed by atoms with van der Waals surface area (Å²) < 4.78 is 5.57. The van der Waals surface area contributed by atoms with Crippen LogP contribution in [0.25, 0.3) is 10.6 Å². The number of ether oxygens (including phenoxy) is 1. The predicted octanol–water partition coefficient (Wildman–Crippen LogP) is 3.07. The molecule has 0 radical (unpaired) electrons. The molecule has 1 fully saturated rings. The van der Waals surface area contributed by atoms with Crippen molar-refractivity contribution in [3.8, 4) is 16.3 Å². The van der Waals surface area contributed by atoms with Crippen LogP contribution in [-0.4, -0.2) is 60.4 Å². The molecule has 2 aliphatic heterocycles. The van der Waals surface area contributed by atoms with Crippen molar-refractivity contribution in [2.24, 2.45) is 0 Å². The van der Waals surface area contributed by atoms with E-state index >= 15 is 0 Å². The zero-order valence-electron chi connectivity index (χ0n) is 17.1. The lowest BCUT2D eigenvalue weighted by molar-refractivity contribution is 0.102. The summed E-state index contributed by atoms with van der Waals surface area (Å²) in [6.45, 7) is 3.99. The molecule has 7 nitrogen and oxygen atoms in total. The first-order valence-corrected chi connectivity index (χ1v) is 11.3. The number of hydrogen-bond donors (Lipinski definition) is 2. The van der Waals surface area contributed by atoms with Crippen molar-refractivity contribution in [1.29, 1.82) is 0 Å². The van der Waals surface area contributed by atoms with Crippen molar-refractivity contribution < 1.29 is 14.6 Å². The van der Waals surface area contributed by atoms with E-state index in [2.05, 4.69) is 21.3 Å². The van der Waals surface area contributed by atoms with E-state index in [1.807, 2.05) is 41.3 Å². The molecule has 2 aliphatic rings. The Balaban J connectivity index is 1.31. The van der Waals surface area contributed by atoms with Crippen LogP contribution in [-0.2, 0) is 6.42 Å². The van der Waals surface area contributed by atoms with Crippen LogP contribution in [0.15, 0.2) is 47.8 Å². The van der Waals surface area contributed by atoms with Gasteiger partial charge in [-0.15, -0.1) is 11.3 Å². The Morgan fingerprint density at radius 1 is 1.16 bits per heavy atom. The summed E-state index contributed by atoms with van der Waals surface area (Å²) >= 11 is 1.47. The number of benzene rings is 2. The Morgan fingerprint density at radius 3 is 2.84 bits per heavy atom. The van der Waals surface area contributed by atoms with Gasteiger partial charge >= 0.3 is 0 Å². The summed E-state index contributed by atoms with van der Waals surface area (Å²) in [4.78, 5) is 21.8. The highest BCUT2D eigenvalue weighted by molar-refractivity contribution is 7.13. The van der Waals surface area contributed by atoms with E-state index in [-0.39, 0.29) is 12.6 Å². The molecule has 0 spiro atoms. The smallest absolute Gasteiger partial charge is 0.275 e. The lowest BCUT2D eigenvalue weighted by atomic mass is 10.1. The second-order valence-corrected chi connectivity index (χ2v) is 8.53. The number of aromatic nitrogens is 1. The lowest BCUT2D eigenvalue weighted by Gasteiger charge is -2.35. The second-order valence-electron chi connectivity index (χ2n) is 7.68. The molecule has 0 saturated carbocycles. The molecule has 3 heterocycles. The molecule has 0 aliphatic carbocycles. The monoisotopic (exact) mass is 436 g/mol. The summed E-state index contributed by atoms with van der Waals surface area (Å²) in [6, 6.07) is 13.9. The van der Waals surface area contributed by atoms with Gasteiger partial charge in [-0.2, -0.15) is 0 Å². The van der Waals surface area contributed by atoms with Crippen molar-refractivity contribution in [3.63, 3.8) is 0 Å². The van der Waals surface area contributed by atoms with E-state index in [4.69, 9.17) is 4.74 Å². The minimum absolute atomic E-state index is 0.0790. The lowest BCUT2D eigenvalue weighted by Crippen LogP contribution is -2.46. The van der Waals surface area contributed by atoms with E-state index in [1.165, 1.54) is 16.9 Å². The van der Waals surface area contributed by atoms with Crippen molar-refractivity contribution in [2.45, 2.75) is 6.42 Å². The summed E-state index contributed by atoms with van der Waals surface area (Å²) in [6.07, 6.45) is 0.908. The summed E-state index contributed by atoms with van der Waals surface area (Å²) in [7, 11) is 0. The number of hydrogen-bond acceptors (Lipinski definition) is 7. The topological polar surface area (TPSA) is 77.9 Å². The average Bonchev–Trinajstić information content (AvgIpc) is 3.49. The maximum Gasteiger partial charge on any atom is 0.275 e. The second kappa shape index (κ2) is 8.66. The first-order chi connectivity index (χ1) is 15.2. The molecule has 2 N–H and O–H groups in total. The van der Waals surface area contributed by atoms with Crippen LogP contribution in [0.5, 0.6) is 5.75 Å². The molecule has 0 unspecified atom stereocenters. The average molecular weight is 437 g/mol. The third-order valence-electron chi connectivity index (χ3n) is 5.74. The Bertz CT molecular complexity index is 1090. The molecule has 2 aromatic carbocycles. The fourth-order valence-corrected chi connectivity index (χ4v) is 4.80. The number of rotatable bonds is 5. The van der Waals surface area contributed by atoms with Crippen molar-refractivity contribution in [1.82, 2.24) is 9.88 Å². The molecule has 8 heteroatoms. The molecule has 0 atom stereocenters. The van der Waals surface area contributed by atoms with Gasteiger partial charge in [-0.3, -0.25) is 9.69 Å². The molecule has 3 aromatic rings. The van der Waals surface area contributed by atoms with E-state index in [0.717, 1.165) is 66.9 Å². The van der Waals surface area contributed by atoms with Crippen LogP contribution in [0.2, 0.25) is 0 Å². The fourth-order valence-electron chi connectivity index (χ4n) is 4.00. The standard InChI is InChI=1S/C23H24N4O3S/c28-15-26-8-10-27(11-9-26)20-4-2-1-3-18(20)24-22(29)19-14-31-23(25-19)17-5-6-21-16(13-17)7-12-30-21/h1-6,13-14,28H,7-12,15H2,(H,24,29). The van der Waals surface area contributed by atoms with Gasteiger partial charge < -0.3 is 20.1 Å². The number of fused-ring (bicyclic) bond motifs is 1. The normalized spacial score (nSPS) is 16.1. The highest BCUT2D eigenvalue weighted by Crippen LogP contribution is 2.32. The highest BCUT2D eigenvalue weighted by atomic mass is 32.1. The van der Waals surface area contributed by atoms with Gasteiger partial charge in [0.2, 0.25) is 0 Å². The van der Waals surface area contributed by atoms with Gasteiger partial charge in [-0.25, -0.2) is 4.98 Å². The number of amides is 1. The minimum Gasteiger partial charge on any atom is -0.493 e. The van der Waals surface area contributed by atoms with Gasteiger partial charge in [0.15, 0.2) is 0 Å². The third kappa shape index (κ3) is 4.14. The number of thiazole rings is 1. The van der Waals surface area contributed by atoms with Gasteiger partial charge in [-0.1, -0.05) is 12.1 Å². The maximum atomic E-state index is 12.9. The van der Waals surface area contributed by atoms with Gasteiger partial charge in [-0.05, 0) is 35.9 Å². The van der Waals surface area contributed by atoms with Crippen LogP contribution in [0.3, 0.4) is 0 Å². The molecular formula is C23H24N4O3S. The van der Waals surface area contributed by atoms with Crippen molar-refractivity contribution >= 4 is 28.6 Å². The summed E-state index contributed by atoms with van der Waals surface area (Å²) in [5, 5.41) is 15.0. The molecule has 0 bridgehead atoms. The predicted molar refractivity (Wildman–Crippen MR) is 122 cm³/mol. The van der Waals surface area contributed by atoms with Crippen LogP contribution in [0.4, 0.5) is 11.4 Å². The number of carbonyl (C=O) groups is 1. The highest BCUT2D eigenvalue weighted by Gasteiger charge is 2.21. The quantitative estimate of drug-likeness (QED) is 0.640. The number of nitrogens with zero attached hydrogens (tertiary/aromatic N) is 3. The SMILES string of the molecule is O=C(Nc1ccccc1N1CCN(CO)CC1)c1csc(-c2ccc3c(c2)CCO3)n1. The molecule has 1 aromatic heterocycles. The number of nitrogens with one attached hydrogen (secondary N) is 1. The largest absolute Gasteiger partial charge is 0.493 e. The van der Waals surface area contributed by atoms with E-state index in [9.17, 15) is 9.90 Å². The maximum absolute atomic E-state index is 12.9. The zero-order chi connectivity index (χ0) is 21.2. The Hall–Kier alpha value is -2.94. The van der Waals surface area contributed by atoms with Crippen molar-refractivity contribution in [2.75, 3.05) is 49.7 Å². The van der Waals surface area contributed by atoms with Crippen molar-refractivity contribution in [3.05, 3.63) is 59.1 Å². The summed E-state index contributed by atoms with van der Waals surface area (Å²) in [5.41, 5.74) is 4.37. The Labute approximate surface area is 184 Å². The molecule has 31 heavy (non-hydrogen) atoms. The van der Waals surface area contributed by atoms with Crippen LogP contribution < -0.4 is 15.0 Å². The number of anilines is 2. The zero-order valence-corrected chi connectivity index (χ0v) is 17.9. The first-order valence-electron chi connectivity index (χ1n) is 10.4. The molecule has 1 amide bonds. The molecule has 5 rings (SSSR count). The van der Waals surface area contributed by atoms with Gasteiger partial charge in [0.25, 0.3) is 5.91 Å². The number of carbonyl (C=O) groups excluding carboxylic acids is 1. The Morgan fingerprint density at radius 2 is 2.00 bits per heavy atom. The molecule has 1 saturated heterocycles. The molecule has 160 valence electrons. The molecular weight excluding hydrogens is 412 g/mol. The number of aliphatic hydroxyl groups is 1. The number of piperazine rings is 1. The van der Waals surface area contributed by atoms with Gasteiger partial charge in [0.1, 0.15) is 16.5 Å². The first kappa shape index (κ1) is 20.0. The van der Waals surface area contributed by atoms with Crippen LogP contribution in [0.1, 0.15) is 16.1 Å². The Kier molecular flexibility index (Phi) is 5.59. The van der Waals surface area contributed by atoms with Gasteiger partial charge in [0, 0.05) is 43.5 Å². The van der Waals surface area contributed by atoms with E-state index in [1.54, 1.807) is 5.38 Å². The minimum atomic E-state index is -0.214. The number of para-hydroxylation sites is 2. The number of aliphatic hydroxyl groups excluding tert-OH is 1.